The Morgan fingerprint density at radius 1 is 0.900 bits per heavy atom. The minimum absolute atomic E-state index is 0.571. The molecule has 2 atom stereocenters. The molecular weight excluding hydrogens is 242 g/mol. The normalized spacial score (nSPS) is 24.4. The molecule has 0 N–H and O–H groups in total. The van der Waals surface area contributed by atoms with Crippen LogP contribution in [0, 0.1) is 6.92 Å². The van der Waals surface area contributed by atoms with Gasteiger partial charge >= 0.3 is 0 Å². The zero-order chi connectivity index (χ0) is 13.5. The lowest BCUT2D eigenvalue weighted by Crippen LogP contribution is -2.35. The molecular formula is C19H21N. The van der Waals surface area contributed by atoms with Gasteiger partial charge in [0.1, 0.15) is 0 Å². The van der Waals surface area contributed by atoms with E-state index in [1.807, 2.05) is 0 Å². The van der Waals surface area contributed by atoms with Crippen molar-refractivity contribution in [3.8, 4) is 0 Å². The summed E-state index contributed by atoms with van der Waals surface area (Å²) >= 11 is 0. The van der Waals surface area contributed by atoms with Crippen molar-refractivity contribution in [1.29, 1.82) is 0 Å². The van der Waals surface area contributed by atoms with Crippen LogP contribution in [0.3, 0.4) is 0 Å². The molecule has 2 aromatic rings. The van der Waals surface area contributed by atoms with Gasteiger partial charge in [-0.15, -0.1) is 0 Å². The molecule has 0 bridgehead atoms. The number of hydrogen-bond acceptors (Lipinski definition) is 1. The van der Waals surface area contributed by atoms with Gasteiger partial charge in [0.25, 0.3) is 0 Å². The molecule has 0 saturated carbocycles. The van der Waals surface area contributed by atoms with E-state index in [4.69, 9.17) is 0 Å². The fourth-order valence-corrected chi connectivity index (χ4v) is 3.94. The molecule has 20 heavy (non-hydrogen) atoms. The maximum atomic E-state index is 2.70. The summed E-state index contributed by atoms with van der Waals surface area (Å²) in [5, 5.41) is 0. The van der Waals surface area contributed by atoms with Gasteiger partial charge in [0.05, 0.1) is 6.04 Å². The molecule has 102 valence electrons. The molecule has 2 aromatic carbocycles. The molecule has 0 unspecified atom stereocenters. The van der Waals surface area contributed by atoms with Gasteiger partial charge in [-0.1, -0.05) is 48.0 Å². The fraction of sp³-hybridized carbons (Fsp3) is 0.368. The van der Waals surface area contributed by atoms with Crippen LogP contribution in [0.5, 0.6) is 0 Å². The highest BCUT2D eigenvalue weighted by atomic mass is 15.2. The van der Waals surface area contributed by atoms with Crippen LogP contribution in [0.1, 0.15) is 42.0 Å². The molecule has 4 rings (SSSR count). The van der Waals surface area contributed by atoms with Gasteiger partial charge < -0.3 is 4.90 Å². The van der Waals surface area contributed by atoms with Gasteiger partial charge in [0.2, 0.25) is 0 Å². The fourth-order valence-electron chi connectivity index (χ4n) is 3.94. The third kappa shape index (κ3) is 1.84. The monoisotopic (exact) mass is 263 g/mol. The number of para-hydroxylation sites is 1. The van der Waals surface area contributed by atoms with Gasteiger partial charge in [-0.05, 0) is 49.8 Å². The van der Waals surface area contributed by atoms with Crippen LogP contribution >= 0.6 is 0 Å². The van der Waals surface area contributed by atoms with Crippen molar-refractivity contribution < 1.29 is 0 Å². The van der Waals surface area contributed by atoms with E-state index < -0.39 is 0 Å². The van der Waals surface area contributed by atoms with Crippen molar-refractivity contribution in [1.82, 2.24) is 0 Å². The van der Waals surface area contributed by atoms with Crippen molar-refractivity contribution in [2.24, 2.45) is 0 Å². The van der Waals surface area contributed by atoms with Gasteiger partial charge in [0, 0.05) is 11.7 Å². The van der Waals surface area contributed by atoms with Crippen molar-refractivity contribution >= 4 is 5.69 Å². The molecule has 0 spiro atoms. The second-order valence-electron chi connectivity index (χ2n) is 6.23. The minimum Gasteiger partial charge on any atom is -0.361 e. The van der Waals surface area contributed by atoms with E-state index in [0.717, 1.165) is 6.04 Å². The van der Waals surface area contributed by atoms with E-state index in [0.29, 0.717) is 6.04 Å². The average molecular weight is 263 g/mol. The molecule has 2 aliphatic rings. The predicted molar refractivity (Wildman–Crippen MR) is 84.2 cm³/mol. The van der Waals surface area contributed by atoms with Gasteiger partial charge in [0.15, 0.2) is 0 Å². The maximum Gasteiger partial charge on any atom is 0.0546 e. The predicted octanol–water partition coefficient (Wildman–Crippen LogP) is 4.65. The first-order valence-electron chi connectivity index (χ1n) is 7.76. The first kappa shape index (κ1) is 12.0. The summed E-state index contributed by atoms with van der Waals surface area (Å²) < 4.78 is 0. The molecule has 1 heteroatoms. The minimum atomic E-state index is 0.571. The van der Waals surface area contributed by atoms with Crippen molar-refractivity contribution in [3.05, 3.63) is 65.2 Å². The van der Waals surface area contributed by atoms with Gasteiger partial charge in [-0.3, -0.25) is 0 Å². The summed E-state index contributed by atoms with van der Waals surface area (Å²) in [6.45, 7) is 2.16. The standard InChI is InChI=1S/C19H21N/c1-14-6-8-16(9-7-14)19-13-12-17-11-10-15-4-2-3-5-18(15)20(17)19/h2-9,17,19H,10-13H2,1H3/t17-,19-/m0/s1. The van der Waals surface area contributed by atoms with Crippen molar-refractivity contribution in [2.45, 2.75) is 44.7 Å². The van der Waals surface area contributed by atoms with Crippen LogP contribution in [-0.4, -0.2) is 6.04 Å². The molecule has 2 heterocycles. The number of benzene rings is 2. The summed E-state index contributed by atoms with van der Waals surface area (Å²) in [5.41, 5.74) is 5.84. The largest absolute Gasteiger partial charge is 0.361 e. The Kier molecular flexibility index (Phi) is 2.80. The van der Waals surface area contributed by atoms with Crippen LogP contribution < -0.4 is 4.90 Å². The van der Waals surface area contributed by atoms with Crippen LogP contribution in [0.15, 0.2) is 48.5 Å². The Morgan fingerprint density at radius 3 is 2.55 bits per heavy atom. The van der Waals surface area contributed by atoms with Crippen LogP contribution in [0.25, 0.3) is 0 Å². The van der Waals surface area contributed by atoms with E-state index >= 15 is 0 Å². The highest BCUT2D eigenvalue weighted by Crippen LogP contribution is 2.45. The summed E-state index contributed by atoms with van der Waals surface area (Å²) in [7, 11) is 0. The molecule has 0 aliphatic carbocycles. The van der Waals surface area contributed by atoms with E-state index in [2.05, 4.69) is 60.4 Å². The topological polar surface area (TPSA) is 3.24 Å². The van der Waals surface area contributed by atoms with Gasteiger partial charge in [-0.25, -0.2) is 0 Å². The number of hydrogen-bond donors (Lipinski definition) is 0. The van der Waals surface area contributed by atoms with Crippen molar-refractivity contribution in [2.75, 3.05) is 4.90 Å². The Balaban J connectivity index is 1.75. The molecule has 0 amide bonds. The van der Waals surface area contributed by atoms with E-state index in [1.165, 1.54) is 48.1 Å². The zero-order valence-electron chi connectivity index (χ0n) is 12.0. The SMILES string of the molecule is Cc1ccc([C@@H]2CC[C@@H]3CCc4ccccc4N32)cc1. The zero-order valence-corrected chi connectivity index (χ0v) is 12.0. The maximum absolute atomic E-state index is 2.70. The summed E-state index contributed by atoms with van der Waals surface area (Å²) in [5.74, 6) is 0. The summed E-state index contributed by atoms with van der Waals surface area (Å²) in [6, 6.07) is 19.4. The third-order valence-electron chi connectivity index (χ3n) is 4.98. The lowest BCUT2D eigenvalue weighted by atomic mass is 9.96. The Hall–Kier alpha value is -1.76. The number of fused-ring (bicyclic) bond motifs is 3. The van der Waals surface area contributed by atoms with E-state index in [-0.39, 0.29) is 0 Å². The number of nitrogens with zero attached hydrogens (tertiary/aromatic N) is 1. The number of anilines is 1. The lowest BCUT2D eigenvalue weighted by Gasteiger charge is -2.38. The quantitative estimate of drug-likeness (QED) is 0.724. The second kappa shape index (κ2) is 4.66. The van der Waals surface area contributed by atoms with E-state index in [9.17, 15) is 0 Å². The summed E-state index contributed by atoms with van der Waals surface area (Å²) in [4.78, 5) is 2.70. The lowest BCUT2D eigenvalue weighted by molar-refractivity contribution is 0.567. The molecule has 2 aliphatic heterocycles. The van der Waals surface area contributed by atoms with Crippen LogP contribution in [0.2, 0.25) is 0 Å². The Labute approximate surface area is 121 Å². The molecule has 1 fully saturated rings. The third-order valence-corrected chi connectivity index (χ3v) is 4.98. The van der Waals surface area contributed by atoms with Crippen LogP contribution in [-0.2, 0) is 6.42 Å². The molecule has 1 saturated heterocycles. The molecule has 1 nitrogen and oxygen atoms in total. The first-order valence-corrected chi connectivity index (χ1v) is 7.76. The Bertz CT molecular complexity index is 614. The van der Waals surface area contributed by atoms with E-state index in [1.54, 1.807) is 0 Å². The highest BCUT2D eigenvalue weighted by molar-refractivity contribution is 5.59. The highest BCUT2D eigenvalue weighted by Gasteiger charge is 2.37. The Morgan fingerprint density at radius 2 is 1.70 bits per heavy atom. The molecule has 0 radical (unpaired) electrons. The molecule has 0 aromatic heterocycles. The first-order chi connectivity index (χ1) is 9.83. The average Bonchev–Trinajstić information content (AvgIpc) is 2.92. The van der Waals surface area contributed by atoms with Crippen LogP contribution in [0.4, 0.5) is 5.69 Å². The number of aryl methyl sites for hydroxylation is 2. The number of rotatable bonds is 1. The van der Waals surface area contributed by atoms with Gasteiger partial charge in [-0.2, -0.15) is 0 Å². The summed E-state index contributed by atoms with van der Waals surface area (Å²) in [6.07, 6.45) is 5.20. The smallest absolute Gasteiger partial charge is 0.0546 e. The second-order valence-corrected chi connectivity index (χ2v) is 6.23. The van der Waals surface area contributed by atoms with Crippen molar-refractivity contribution in [3.63, 3.8) is 0 Å².